The average molecular weight is 303 g/mol. The lowest BCUT2D eigenvalue weighted by Gasteiger charge is -2.14. The summed E-state index contributed by atoms with van der Waals surface area (Å²) < 4.78 is 10.1. The smallest absolute Gasteiger partial charge is 0.374 e. The van der Waals surface area contributed by atoms with Crippen molar-refractivity contribution in [3.8, 4) is 0 Å². The molecule has 1 aromatic heterocycles. The lowest BCUT2D eigenvalue weighted by Crippen LogP contribution is -2.30. The molecule has 0 N–H and O–H groups in total. The molecule has 2 atom stereocenters. The Morgan fingerprint density at radius 3 is 2.41 bits per heavy atom. The number of carbonyl (C=O) groups is 3. The van der Waals surface area contributed by atoms with Gasteiger partial charge in [-0.25, -0.2) is 4.79 Å². The maximum absolute atomic E-state index is 12.4. The summed E-state index contributed by atoms with van der Waals surface area (Å²) in [4.78, 5) is 37.5. The van der Waals surface area contributed by atoms with Gasteiger partial charge in [0.25, 0.3) is 0 Å². The number of methoxy groups -OCH3 is 1. The molecule has 0 aromatic carbocycles. The molecule has 6 heteroatoms. The summed E-state index contributed by atoms with van der Waals surface area (Å²) in [6.45, 7) is 1.78. The van der Waals surface area contributed by atoms with Gasteiger partial charge in [-0.05, 0) is 25.8 Å². The fraction of sp³-hybridized carbons (Fsp3) is 0.438. The van der Waals surface area contributed by atoms with E-state index in [4.69, 9.17) is 4.42 Å². The van der Waals surface area contributed by atoms with Gasteiger partial charge in [0.15, 0.2) is 0 Å². The first-order valence-corrected chi connectivity index (χ1v) is 7.20. The van der Waals surface area contributed by atoms with Crippen LogP contribution in [0.3, 0.4) is 0 Å². The van der Waals surface area contributed by atoms with Crippen LogP contribution in [0, 0.1) is 18.8 Å². The summed E-state index contributed by atoms with van der Waals surface area (Å²) in [6.07, 6.45) is 5.11. The summed E-state index contributed by atoms with van der Waals surface area (Å²) in [5, 5.41) is 0. The number of fused-ring (bicyclic) bond motifs is 1. The molecule has 0 spiro atoms. The molecule has 1 aliphatic carbocycles. The van der Waals surface area contributed by atoms with Gasteiger partial charge in [-0.3, -0.25) is 14.5 Å². The highest BCUT2D eigenvalue weighted by Gasteiger charge is 2.47. The van der Waals surface area contributed by atoms with Crippen molar-refractivity contribution in [1.29, 1.82) is 0 Å². The maximum atomic E-state index is 12.4. The SMILES string of the molecule is COC(=O)c1oc(CN2C(=O)C3CC=CCC3C2=O)cc1C. The summed E-state index contributed by atoms with van der Waals surface area (Å²) in [6, 6.07) is 1.66. The molecule has 1 saturated heterocycles. The van der Waals surface area contributed by atoms with E-state index in [2.05, 4.69) is 4.74 Å². The molecular formula is C16H17NO5. The molecular weight excluding hydrogens is 286 g/mol. The van der Waals surface area contributed by atoms with Gasteiger partial charge in [-0.2, -0.15) is 0 Å². The zero-order valence-corrected chi connectivity index (χ0v) is 12.5. The van der Waals surface area contributed by atoms with Crippen LogP contribution in [0.2, 0.25) is 0 Å². The molecule has 6 nitrogen and oxygen atoms in total. The number of rotatable bonds is 3. The van der Waals surface area contributed by atoms with Crippen LogP contribution in [-0.2, 0) is 20.9 Å². The van der Waals surface area contributed by atoms with Crippen molar-refractivity contribution >= 4 is 17.8 Å². The number of hydrogen-bond donors (Lipinski definition) is 0. The van der Waals surface area contributed by atoms with Crippen LogP contribution in [0.25, 0.3) is 0 Å². The van der Waals surface area contributed by atoms with Crippen LogP contribution in [0.1, 0.15) is 34.7 Å². The van der Waals surface area contributed by atoms with Crippen molar-refractivity contribution in [3.05, 3.63) is 35.3 Å². The van der Waals surface area contributed by atoms with Crippen LogP contribution >= 0.6 is 0 Å². The molecule has 22 heavy (non-hydrogen) atoms. The number of furan rings is 1. The minimum Gasteiger partial charge on any atom is -0.463 e. The monoisotopic (exact) mass is 303 g/mol. The fourth-order valence-corrected chi connectivity index (χ4v) is 3.10. The Bertz CT molecular complexity index is 646. The molecule has 2 amide bonds. The van der Waals surface area contributed by atoms with Crippen LogP contribution in [-0.4, -0.2) is 29.8 Å². The van der Waals surface area contributed by atoms with E-state index in [1.807, 2.05) is 12.2 Å². The van der Waals surface area contributed by atoms with E-state index < -0.39 is 5.97 Å². The highest BCUT2D eigenvalue weighted by molar-refractivity contribution is 6.05. The van der Waals surface area contributed by atoms with Crippen molar-refractivity contribution in [2.24, 2.45) is 11.8 Å². The number of esters is 1. The van der Waals surface area contributed by atoms with Crippen molar-refractivity contribution in [2.75, 3.05) is 7.11 Å². The molecule has 2 unspecified atom stereocenters. The Labute approximate surface area is 127 Å². The highest BCUT2D eigenvalue weighted by Crippen LogP contribution is 2.36. The first kappa shape index (κ1) is 14.6. The lowest BCUT2D eigenvalue weighted by molar-refractivity contribution is -0.140. The molecule has 116 valence electrons. The number of allylic oxidation sites excluding steroid dienone is 2. The normalized spacial score (nSPS) is 23.8. The largest absolute Gasteiger partial charge is 0.463 e. The third-order valence-corrected chi connectivity index (χ3v) is 4.25. The predicted octanol–water partition coefficient (Wildman–Crippen LogP) is 1.83. The summed E-state index contributed by atoms with van der Waals surface area (Å²) >= 11 is 0. The Morgan fingerprint density at radius 1 is 1.27 bits per heavy atom. The standard InChI is InChI=1S/C16H17NO5/c1-9-7-10(22-13(9)16(20)21-2)8-17-14(18)11-5-3-4-6-12(11)15(17)19/h3-4,7,11-12H,5-6,8H2,1-2H3. The van der Waals surface area contributed by atoms with Gasteiger partial charge >= 0.3 is 5.97 Å². The van der Waals surface area contributed by atoms with Gasteiger partial charge in [0.2, 0.25) is 17.6 Å². The fourth-order valence-electron chi connectivity index (χ4n) is 3.10. The van der Waals surface area contributed by atoms with E-state index in [-0.39, 0.29) is 36.0 Å². The van der Waals surface area contributed by atoms with E-state index in [0.717, 1.165) is 0 Å². The second kappa shape index (κ2) is 5.44. The number of imide groups is 1. The van der Waals surface area contributed by atoms with Crippen molar-refractivity contribution in [2.45, 2.75) is 26.3 Å². The molecule has 1 fully saturated rings. The number of hydrogen-bond acceptors (Lipinski definition) is 5. The van der Waals surface area contributed by atoms with E-state index in [1.54, 1.807) is 13.0 Å². The second-order valence-electron chi connectivity index (χ2n) is 5.63. The van der Waals surface area contributed by atoms with Gasteiger partial charge in [0.1, 0.15) is 5.76 Å². The van der Waals surface area contributed by atoms with E-state index in [1.165, 1.54) is 12.0 Å². The quantitative estimate of drug-likeness (QED) is 0.483. The number of carbonyl (C=O) groups excluding carboxylic acids is 3. The number of likely N-dealkylation sites (tertiary alicyclic amines) is 1. The number of nitrogens with zero attached hydrogens (tertiary/aromatic N) is 1. The van der Waals surface area contributed by atoms with Gasteiger partial charge < -0.3 is 9.15 Å². The number of ether oxygens (including phenoxy) is 1. The Hall–Kier alpha value is -2.37. The van der Waals surface area contributed by atoms with Crippen molar-refractivity contribution in [1.82, 2.24) is 4.90 Å². The maximum Gasteiger partial charge on any atom is 0.374 e. The molecule has 0 radical (unpaired) electrons. The highest BCUT2D eigenvalue weighted by atomic mass is 16.5. The van der Waals surface area contributed by atoms with Gasteiger partial charge in [-0.1, -0.05) is 12.2 Å². The van der Waals surface area contributed by atoms with Crippen LogP contribution < -0.4 is 0 Å². The minimum absolute atomic E-state index is 0.0580. The van der Waals surface area contributed by atoms with Gasteiger partial charge in [0.05, 0.1) is 25.5 Å². The summed E-state index contributed by atoms with van der Waals surface area (Å²) in [5.74, 6) is -0.883. The molecule has 1 aromatic rings. The molecule has 1 aliphatic heterocycles. The Kier molecular flexibility index (Phi) is 3.60. The molecule has 3 rings (SSSR count). The van der Waals surface area contributed by atoms with Crippen molar-refractivity contribution in [3.63, 3.8) is 0 Å². The van der Waals surface area contributed by atoms with Crippen LogP contribution in [0.4, 0.5) is 0 Å². The lowest BCUT2D eigenvalue weighted by atomic mass is 9.85. The first-order valence-electron chi connectivity index (χ1n) is 7.20. The average Bonchev–Trinajstić information content (AvgIpc) is 3.01. The Balaban J connectivity index is 1.80. The third kappa shape index (κ3) is 2.24. The van der Waals surface area contributed by atoms with Crippen LogP contribution in [0.15, 0.2) is 22.6 Å². The molecule has 2 aliphatic rings. The first-order chi connectivity index (χ1) is 10.5. The van der Waals surface area contributed by atoms with Gasteiger partial charge in [0, 0.05) is 5.56 Å². The van der Waals surface area contributed by atoms with Crippen molar-refractivity contribution < 1.29 is 23.5 Å². The second-order valence-corrected chi connectivity index (χ2v) is 5.63. The summed E-state index contributed by atoms with van der Waals surface area (Å²) in [5.41, 5.74) is 0.625. The zero-order chi connectivity index (χ0) is 15.9. The molecule has 0 saturated carbocycles. The van der Waals surface area contributed by atoms with E-state index >= 15 is 0 Å². The third-order valence-electron chi connectivity index (χ3n) is 4.25. The number of amides is 2. The Morgan fingerprint density at radius 2 is 1.86 bits per heavy atom. The van der Waals surface area contributed by atoms with E-state index in [9.17, 15) is 14.4 Å². The molecule has 0 bridgehead atoms. The zero-order valence-electron chi connectivity index (χ0n) is 12.5. The predicted molar refractivity (Wildman–Crippen MR) is 75.7 cm³/mol. The van der Waals surface area contributed by atoms with Crippen LogP contribution in [0.5, 0.6) is 0 Å². The topological polar surface area (TPSA) is 76.8 Å². The molecule has 2 heterocycles. The minimum atomic E-state index is -0.569. The summed E-state index contributed by atoms with van der Waals surface area (Å²) in [7, 11) is 1.27. The van der Waals surface area contributed by atoms with Gasteiger partial charge in [-0.15, -0.1) is 0 Å². The van der Waals surface area contributed by atoms with E-state index in [0.29, 0.717) is 24.2 Å². The number of aryl methyl sites for hydroxylation is 1.